The number of ether oxygens (including phenoxy) is 2. The molecule has 11 heteroatoms. The first-order valence-electron chi connectivity index (χ1n) is 24.8. The van der Waals surface area contributed by atoms with Crippen LogP contribution in [-0.2, 0) is 32.7 Å². The average Bonchev–Trinajstić information content (AvgIpc) is 3.24. The lowest BCUT2D eigenvalue weighted by molar-refractivity contribution is -0.161. The van der Waals surface area contributed by atoms with Gasteiger partial charge in [0.2, 0.25) is 0 Å². The van der Waals surface area contributed by atoms with E-state index in [1.807, 2.05) is 0 Å². The van der Waals surface area contributed by atoms with Crippen molar-refractivity contribution in [2.24, 2.45) is 0 Å². The minimum atomic E-state index is -4.62. The van der Waals surface area contributed by atoms with Crippen molar-refractivity contribution in [3.63, 3.8) is 0 Å². The number of rotatable bonds is 47. The fourth-order valence-electron chi connectivity index (χ4n) is 7.03. The monoisotopic (exact) mass is 873 g/mol. The molecule has 0 fully saturated rings. The van der Waals surface area contributed by atoms with E-state index in [0.29, 0.717) is 12.8 Å². The molecule has 0 aliphatic carbocycles. The number of phosphoric acid groups is 1. The van der Waals surface area contributed by atoms with Gasteiger partial charge in [0.05, 0.1) is 19.8 Å². The largest absolute Gasteiger partial charge is 0.472 e. The van der Waals surface area contributed by atoms with Crippen LogP contribution in [0.25, 0.3) is 0 Å². The predicted molar refractivity (Wildman–Crippen MR) is 247 cm³/mol. The highest BCUT2D eigenvalue weighted by Gasteiger charge is 2.27. The minimum absolute atomic E-state index is 0.183. The van der Waals surface area contributed by atoms with Crippen LogP contribution in [0.3, 0.4) is 0 Å². The fourth-order valence-corrected chi connectivity index (χ4v) is 7.82. The Kier molecular flexibility index (Phi) is 44.3. The lowest BCUT2D eigenvalue weighted by Crippen LogP contribution is -2.29. The van der Waals surface area contributed by atoms with Gasteiger partial charge in [0, 0.05) is 12.8 Å². The normalized spacial score (nSPS) is 13.9. The number of aliphatic hydroxyl groups is 2. The number of allylic oxidation sites excluding steroid dienone is 4. The maximum Gasteiger partial charge on any atom is 0.472 e. The Hall–Kier alpha value is -1.55. The van der Waals surface area contributed by atoms with Crippen LogP contribution < -0.4 is 0 Å². The number of hydrogen-bond acceptors (Lipinski definition) is 9. The van der Waals surface area contributed by atoms with Crippen LogP contribution in [0.1, 0.15) is 239 Å². The summed E-state index contributed by atoms with van der Waals surface area (Å²) in [4.78, 5) is 35.1. The van der Waals surface area contributed by atoms with Gasteiger partial charge in [-0.2, -0.15) is 0 Å². The maximum absolute atomic E-state index is 12.7. The van der Waals surface area contributed by atoms with Gasteiger partial charge in [-0.05, 0) is 44.9 Å². The molecule has 0 amide bonds. The van der Waals surface area contributed by atoms with E-state index in [4.69, 9.17) is 23.6 Å². The van der Waals surface area contributed by atoms with Crippen LogP contribution in [0.15, 0.2) is 24.3 Å². The molecular formula is C49H93O10P. The minimum Gasteiger partial charge on any atom is -0.462 e. The lowest BCUT2D eigenvalue weighted by atomic mass is 10.0. The van der Waals surface area contributed by atoms with Crippen LogP contribution in [0, 0.1) is 0 Å². The third-order valence-corrected chi connectivity index (χ3v) is 11.8. The van der Waals surface area contributed by atoms with Crippen molar-refractivity contribution >= 4 is 19.8 Å². The lowest BCUT2D eigenvalue weighted by Gasteiger charge is -2.20. The second-order valence-corrected chi connectivity index (χ2v) is 18.3. The Morgan fingerprint density at radius 2 is 0.867 bits per heavy atom. The van der Waals surface area contributed by atoms with Gasteiger partial charge in [-0.1, -0.05) is 205 Å². The summed E-state index contributed by atoms with van der Waals surface area (Å²) in [7, 11) is -4.62. The number of phosphoric ester groups is 1. The first-order chi connectivity index (χ1) is 29.2. The molecule has 0 spiro atoms. The predicted octanol–water partition coefficient (Wildman–Crippen LogP) is 13.7. The molecule has 3 atom stereocenters. The van der Waals surface area contributed by atoms with Crippen molar-refractivity contribution < 1.29 is 47.8 Å². The molecule has 0 radical (unpaired) electrons. The number of aliphatic hydroxyl groups excluding tert-OH is 2. The summed E-state index contributed by atoms with van der Waals surface area (Å²) in [6.45, 7) is 2.38. The summed E-state index contributed by atoms with van der Waals surface area (Å²) in [6.07, 6.45) is 47.3. The van der Waals surface area contributed by atoms with Crippen LogP contribution in [-0.4, -0.2) is 65.7 Å². The summed E-state index contributed by atoms with van der Waals surface area (Å²) in [6, 6.07) is 0. The van der Waals surface area contributed by atoms with Gasteiger partial charge in [0.1, 0.15) is 12.7 Å². The van der Waals surface area contributed by atoms with Crippen molar-refractivity contribution in [3.05, 3.63) is 24.3 Å². The Balaban J connectivity index is 4.18. The molecule has 0 saturated heterocycles. The quantitative estimate of drug-likeness (QED) is 0.0233. The maximum atomic E-state index is 12.7. The molecule has 0 aromatic carbocycles. The van der Waals surface area contributed by atoms with E-state index >= 15 is 0 Å². The highest BCUT2D eigenvalue weighted by atomic mass is 31.2. The molecule has 0 aliphatic rings. The van der Waals surface area contributed by atoms with Gasteiger partial charge in [0.15, 0.2) is 6.10 Å². The van der Waals surface area contributed by atoms with Gasteiger partial charge in [-0.15, -0.1) is 0 Å². The van der Waals surface area contributed by atoms with Gasteiger partial charge in [-0.25, -0.2) is 4.57 Å². The highest BCUT2D eigenvalue weighted by Crippen LogP contribution is 2.43. The van der Waals surface area contributed by atoms with E-state index in [9.17, 15) is 24.2 Å². The third kappa shape index (κ3) is 44.5. The highest BCUT2D eigenvalue weighted by molar-refractivity contribution is 7.47. The molecule has 0 aromatic heterocycles. The van der Waals surface area contributed by atoms with Crippen molar-refractivity contribution in [3.8, 4) is 0 Å². The molecule has 0 bridgehead atoms. The SMILES string of the molecule is CCCCCCCC/C=C/C/C=C/CCCCC(=O)OC[C@H](COP(=O)(O)OC[C@@H](O)CO)OC(=O)CCCCCCCCCCCCCCCCCCCCCCCC. The molecule has 1 unspecified atom stereocenters. The molecule has 0 aliphatic heterocycles. The van der Waals surface area contributed by atoms with Gasteiger partial charge in [-0.3, -0.25) is 18.6 Å². The van der Waals surface area contributed by atoms with E-state index in [1.54, 1.807) is 0 Å². The third-order valence-electron chi connectivity index (χ3n) is 10.9. The summed E-state index contributed by atoms with van der Waals surface area (Å²) >= 11 is 0. The molecule has 0 aromatic rings. The number of carbonyl (C=O) groups is 2. The molecule has 60 heavy (non-hydrogen) atoms. The zero-order chi connectivity index (χ0) is 44.0. The topological polar surface area (TPSA) is 149 Å². The number of hydrogen-bond donors (Lipinski definition) is 3. The standard InChI is InChI=1S/C49H93O10P/c1-3-5-7-9-11-13-15-17-19-20-21-22-23-24-25-27-29-31-33-35-37-39-41-49(53)59-47(45-58-60(54,55)57-43-46(51)42-50)44-56-48(52)40-38-36-34-32-30-28-26-18-16-14-12-10-8-6-4-2/h18,26,30,32,46-47,50-51H,3-17,19-25,27-29,31,33-45H2,1-2H3,(H,54,55)/b26-18+,32-30+/t46-,47+/m0/s1. The number of esters is 2. The summed E-state index contributed by atoms with van der Waals surface area (Å²) in [5, 5.41) is 18.4. The van der Waals surface area contributed by atoms with Crippen molar-refractivity contribution in [1.29, 1.82) is 0 Å². The molecule has 3 N–H and O–H groups in total. The first-order valence-corrected chi connectivity index (χ1v) is 26.3. The second-order valence-electron chi connectivity index (χ2n) is 16.8. The van der Waals surface area contributed by atoms with Crippen molar-refractivity contribution in [2.45, 2.75) is 251 Å². The molecule has 354 valence electrons. The van der Waals surface area contributed by atoms with Gasteiger partial charge in [0.25, 0.3) is 0 Å². The van der Waals surface area contributed by atoms with Crippen LogP contribution in [0.5, 0.6) is 0 Å². The average molecular weight is 873 g/mol. The van der Waals surface area contributed by atoms with Crippen LogP contribution >= 0.6 is 7.82 Å². The molecule has 0 rings (SSSR count). The molecule has 10 nitrogen and oxygen atoms in total. The number of carbonyl (C=O) groups excluding carboxylic acids is 2. The summed E-state index contributed by atoms with van der Waals surface area (Å²) in [5.41, 5.74) is 0. The number of unbranched alkanes of at least 4 members (excludes halogenated alkanes) is 29. The smallest absolute Gasteiger partial charge is 0.462 e. The molecular weight excluding hydrogens is 780 g/mol. The van der Waals surface area contributed by atoms with E-state index in [1.165, 1.54) is 154 Å². The van der Waals surface area contributed by atoms with E-state index < -0.39 is 51.8 Å². The molecule has 0 saturated carbocycles. The zero-order valence-corrected chi connectivity index (χ0v) is 39.6. The van der Waals surface area contributed by atoms with Gasteiger partial charge < -0.3 is 24.6 Å². The Bertz CT molecular complexity index is 1050. The Morgan fingerprint density at radius 1 is 0.500 bits per heavy atom. The second kappa shape index (κ2) is 45.5. The van der Waals surface area contributed by atoms with Gasteiger partial charge >= 0.3 is 19.8 Å². The summed E-state index contributed by atoms with van der Waals surface area (Å²) in [5.74, 6) is -0.951. The van der Waals surface area contributed by atoms with Crippen LogP contribution in [0.2, 0.25) is 0 Å². The zero-order valence-electron chi connectivity index (χ0n) is 38.7. The van der Waals surface area contributed by atoms with Crippen molar-refractivity contribution in [2.75, 3.05) is 26.4 Å². The van der Waals surface area contributed by atoms with Crippen molar-refractivity contribution in [1.82, 2.24) is 0 Å². The molecule has 0 heterocycles. The van der Waals surface area contributed by atoms with E-state index in [0.717, 1.165) is 44.9 Å². The first kappa shape index (κ1) is 58.5. The van der Waals surface area contributed by atoms with Crippen LogP contribution in [0.4, 0.5) is 0 Å². The van der Waals surface area contributed by atoms with E-state index in [-0.39, 0.29) is 19.4 Å². The Morgan fingerprint density at radius 3 is 1.32 bits per heavy atom. The summed E-state index contributed by atoms with van der Waals surface area (Å²) < 4.78 is 32.8. The Labute approximate surface area is 368 Å². The fraction of sp³-hybridized carbons (Fsp3) is 0.878. The van der Waals surface area contributed by atoms with E-state index in [2.05, 4.69) is 38.2 Å².